The fraction of sp³-hybridized carbons (Fsp3) is 0.0909. The summed E-state index contributed by atoms with van der Waals surface area (Å²) in [5.41, 5.74) is -1.02. The average molecular weight is 234 g/mol. The first kappa shape index (κ1) is 11.0. The molecule has 0 atom stereocenters. The first-order chi connectivity index (χ1) is 8.13. The Hall–Kier alpha value is -2.50. The molecule has 0 saturated heterocycles. The third kappa shape index (κ3) is 1.92. The van der Waals surface area contributed by atoms with E-state index in [-0.39, 0.29) is 0 Å². The Bertz CT molecular complexity index is 657. The summed E-state index contributed by atoms with van der Waals surface area (Å²) in [6.07, 6.45) is 0. The lowest BCUT2D eigenvalue weighted by molar-refractivity contribution is 0.401. The monoisotopic (exact) mass is 234 g/mol. The third-order valence-corrected chi connectivity index (χ3v) is 2.25. The molecule has 0 bridgehead atoms. The van der Waals surface area contributed by atoms with Crippen molar-refractivity contribution in [2.24, 2.45) is 0 Å². The van der Waals surface area contributed by atoms with Gasteiger partial charge in [0.2, 0.25) is 5.88 Å². The minimum absolute atomic E-state index is 0.355. The van der Waals surface area contributed by atoms with Crippen LogP contribution in [0.2, 0.25) is 0 Å². The number of hydrogen-bond donors (Lipinski definition) is 2. The molecule has 1 aromatic carbocycles. The van der Waals surface area contributed by atoms with Crippen LogP contribution in [0.4, 0.5) is 0 Å². The highest BCUT2D eigenvalue weighted by Crippen LogP contribution is 2.23. The fourth-order valence-electron chi connectivity index (χ4n) is 1.53. The first-order valence-electron chi connectivity index (χ1n) is 4.82. The van der Waals surface area contributed by atoms with Gasteiger partial charge in [-0.25, -0.2) is 9.36 Å². The van der Waals surface area contributed by atoms with E-state index in [0.29, 0.717) is 11.4 Å². The lowest BCUT2D eigenvalue weighted by Crippen LogP contribution is -2.28. The summed E-state index contributed by atoms with van der Waals surface area (Å²) in [5.74, 6) is -0.0276. The summed E-state index contributed by atoms with van der Waals surface area (Å²) in [4.78, 5) is 24.7. The number of methoxy groups -OCH3 is 1. The van der Waals surface area contributed by atoms with E-state index in [1.807, 2.05) is 0 Å². The number of hydrogen-bond acceptors (Lipinski definition) is 4. The van der Waals surface area contributed by atoms with Gasteiger partial charge >= 0.3 is 5.69 Å². The summed E-state index contributed by atoms with van der Waals surface area (Å²) in [6.45, 7) is 0. The molecule has 2 N–H and O–H groups in total. The number of benzene rings is 1. The van der Waals surface area contributed by atoms with Crippen molar-refractivity contribution in [3.8, 4) is 17.3 Å². The Balaban J connectivity index is 2.77. The third-order valence-electron chi connectivity index (χ3n) is 2.25. The highest BCUT2D eigenvalue weighted by molar-refractivity contribution is 5.48. The topological polar surface area (TPSA) is 84.3 Å². The second kappa shape index (κ2) is 4.17. The van der Waals surface area contributed by atoms with Crippen LogP contribution in [0.5, 0.6) is 11.6 Å². The molecule has 6 heteroatoms. The molecule has 0 amide bonds. The van der Waals surface area contributed by atoms with Crippen LogP contribution in [0.3, 0.4) is 0 Å². The zero-order chi connectivity index (χ0) is 12.4. The van der Waals surface area contributed by atoms with Gasteiger partial charge in [-0.15, -0.1) is 0 Å². The molecule has 0 aliphatic heterocycles. The average Bonchev–Trinajstić information content (AvgIpc) is 2.28. The molecule has 17 heavy (non-hydrogen) atoms. The highest BCUT2D eigenvalue weighted by atomic mass is 16.5. The first-order valence-corrected chi connectivity index (χ1v) is 4.82. The zero-order valence-corrected chi connectivity index (χ0v) is 9.01. The SMILES string of the molecule is COc1ccccc1-n1c(O)cc(=O)[nH]c1=O. The maximum absolute atomic E-state index is 11.6. The van der Waals surface area contributed by atoms with Gasteiger partial charge in [0.25, 0.3) is 5.56 Å². The van der Waals surface area contributed by atoms with Crippen LogP contribution >= 0.6 is 0 Å². The van der Waals surface area contributed by atoms with Crippen LogP contribution in [0.25, 0.3) is 5.69 Å². The van der Waals surface area contributed by atoms with Crippen molar-refractivity contribution in [3.05, 3.63) is 51.2 Å². The molecule has 0 spiro atoms. The minimum atomic E-state index is -0.723. The number of aromatic hydroxyl groups is 1. The standard InChI is InChI=1S/C11H10N2O4/c1-17-8-5-3-2-4-7(8)13-10(15)6-9(14)12-11(13)16/h2-6,15H,1H3,(H,12,14,16). The van der Waals surface area contributed by atoms with E-state index in [1.165, 1.54) is 7.11 Å². The molecule has 0 fully saturated rings. The normalized spacial score (nSPS) is 10.2. The molecule has 0 aliphatic carbocycles. The van der Waals surface area contributed by atoms with Crippen LogP contribution in [-0.2, 0) is 0 Å². The van der Waals surface area contributed by atoms with E-state index in [9.17, 15) is 14.7 Å². The van der Waals surface area contributed by atoms with Crippen LogP contribution in [0.1, 0.15) is 0 Å². The van der Waals surface area contributed by atoms with E-state index >= 15 is 0 Å². The number of nitrogens with one attached hydrogen (secondary N) is 1. The van der Waals surface area contributed by atoms with Crippen molar-refractivity contribution in [1.82, 2.24) is 9.55 Å². The summed E-state index contributed by atoms with van der Waals surface area (Å²) in [6, 6.07) is 7.59. The second-order valence-corrected chi connectivity index (χ2v) is 3.30. The molecule has 1 heterocycles. The molecule has 0 aliphatic rings. The van der Waals surface area contributed by atoms with Gasteiger partial charge in [-0.2, -0.15) is 0 Å². The Kier molecular flexibility index (Phi) is 2.70. The maximum Gasteiger partial charge on any atom is 0.335 e. The van der Waals surface area contributed by atoms with Crippen LogP contribution in [0, 0.1) is 0 Å². The molecule has 88 valence electrons. The Morgan fingerprint density at radius 2 is 2.00 bits per heavy atom. The molecule has 2 rings (SSSR count). The quantitative estimate of drug-likeness (QED) is 0.779. The zero-order valence-electron chi connectivity index (χ0n) is 9.01. The lowest BCUT2D eigenvalue weighted by Gasteiger charge is -2.11. The van der Waals surface area contributed by atoms with Gasteiger partial charge in [0.05, 0.1) is 18.9 Å². The predicted molar refractivity (Wildman–Crippen MR) is 60.9 cm³/mol. The van der Waals surface area contributed by atoms with E-state index in [1.54, 1.807) is 24.3 Å². The summed E-state index contributed by atoms with van der Waals surface area (Å²) >= 11 is 0. The number of ether oxygens (including phenoxy) is 1. The van der Waals surface area contributed by atoms with Gasteiger partial charge in [-0.1, -0.05) is 12.1 Å². The van der Waals surface area contributed by atoms with Gasteiger partial charge < -0.3 is 9.84 Å². The van der Waals surface area contributed by atoms with Gasteiger partial charge in [0.15, 0.2) is 0 Å². The summed E-state index contributed by atoms with van der Waals surface area (Å²) < 4.78 is 6.04. The van der Waals surface area contributed by atoms with E-state index in [4.69, 9.17) is 4.74 Å². The molecule has 0 radical (unpaired) electrons. The molecular formula is C11H10N2O4. The van der Waals surface area contributed by atoms with Crippen LogP contribution in [0.15, 0.2) is 39.9 Å². The van der Waals surface area contributed by atoms with Gasteiger partial charge in [0.1, 0.15) is 5.75 Å². The van der Waals surface area contributed by atoms with Crippen molar-refractivity contribution in [1.29, 1.82) is 0 Å². The molecule has 2 aromatic rings. The lowest BCUT2D eigenvalue weighted by atomic mass is 10.3. The number of H-pyrrole nitrogens is 1. The smallest absolute Gasteiger partial charge is 0.335 e. The second-order valence-electron chi connectivity index (χ2n) is 3.30. The number of nitrogens with zero attached hydrogens (tertiary/aromatic N) is 1. The number of para-hydroxylation sites is 2. The van der Waals surface area contributed by atoms with Crippen molar-refractivity contribution in [2.75, 3.05) is 7.11 Å². The van der Waals surface area contributed by atoms with Crippen LogP contribution in [-0.4, -0.2) is 21.8 Å². The Labute approximate surface area is 95.7 Å². The molecule has 1 aromatic heterocycles. The van der Waals surface area contributed by atoms with Gasteiger partial charge in [0, 0.05) is 0 Å². The van der Waals surface area contributed by atoms with E-state index < -0.39 is 17.1 Å². The highest BCUT2D eigenvalue weighted by Gasteiger charge is 2.11. The molecule has 0 saturated carbocycles. The Morgan fingerprint density at radius 1 is 1.29 bits per heavy atom. The molecule has 0 unspecified atom stereocenters. The minimum Gasteiger partial charge on any atom is -0.495 e. The Morgan fingerprint density at radius 3 is 2.65 bits per heavy atom. The van der Waals surface area contributed by atoms with Gasteiger partial charge in [-0.3, -0.25) is 9.78 Å². The van der Waals surface area contributed by atoms with E-state index in [2.05, 4.69) is 4.98 Å². The van der Waals surface area contributed by atoms with Crippen molar-refractivity contribution < 1.29 is 9.84 Å². The van der Waals surface area contributed by atoms with Crippen LogP contribution < -0.4 is 16.0 Å². The van der Waals surface area contributed by atoms with Crippen molar-refractivity contribution in [2.45, 2.75) is 0 Å². The summed E-state index contributed by atoms with van der Waals surface area (Å²) in [5, 5.41) is 9.63. The number of aromatic nitrogens is 2. The maximum atomic E-state index is 11.6. The molecular weight excluding hydrogens is 224 g/mol. The fourth-order valence-corrected chi connectivity index (χ4v) is 1.53. The van der Waals surface area contributed by atoms with E-state index in [0.717, 1.165) is 10.6 Å². The molecule has 6 nitrogen and oxygen atoms in total. The van der Waals surface area contributed by atoms with Crippen molar-refractivity contribution in [3.63, 3.8) is 0 Å². The number of rotatable bonds is 2. The largest absolute Gasteiger partial charge is 0.495 e. The van der Waals surface area contributed by atoms with Crippen molar-refractivity contribution >= 4 is 0 Å². The number of aromatic amines is 1. The van der Waals surface area contributed by atoms with Gasteiger partial charge in [-0.05, 0) is 12.1 Å². The summed E-state index contributed by atoms with van der Waals surface area (Å²) in [7, 11) is 1.45. The predicted octanol–water partition coefficient (Wildman–Crippen LogP) is 0.240.